The summed E-state index contributed by atoms with van der Waals surface area (Å²) in [5.74, 6) is 0. The van der Waals surface area contributed by atoms with Crippen molar-refractivity contribution in [2.24, 2.45) is 0 Å². The Bertz CT molecular complexity index is 234. The zero-order valence-electron chi connectivity index (χ0n) is 11.1. The molecule has 17 heavy (non-hydrogen) atoms. The number of hydrogen-bond acceptors (Lipinski definition) is 3. The normalized spacial score (nSPS) is 19.5. The van der Waals surface area contributed by atoms with E-state index in [1.807, 2.05) is 11.8 Å². The number of carbonyl (C=O) groups is 1. The lowest BCUT2D eigenvalue weighted by atomic mass is 10.2. The van der Waals surface area contributed by atoms with E-state index in [2.05, 4.69) is 24.1 Å². The Kier molecular flexibility index (Phi) is 5.71. The van der Waals surface area contributed by atoms with Crippen LogP contribution in [-0.2, 0) is 0 Å². The van der Waals surface area contributed by atoms with Crippen molar-refractivity contribution in [3.8, 4) is 0 Å². The molecule has 5 heteroatoms. The van der Waals surface area contributed by atoms with E-state index in [0.717, 1.165) is 32.6 Å². The van der Waals surface area contributed by atoms with Gasteiger partial charge in [-0.25, -0.2) is 4.79 Å². The Hall–Kier alpha value is -0.810. The van der Waals surface area contributed by atoms with Gasteiger partial charge in [0.15, 0.2) is 0 Å². The van der Waals surface area contributed by atoms with E-state index < -0.39 is 0 Å². The first kappa shape index (κ1) is 14.3. The third-order valence-electron chi connectivity index (χ3n) is 3.37. The van der Waals surface area contributed by atoms with Gasteiger partial charge in [-0.1, -0.05) is 6.92 Å². The number of piperazine rings is 1. The van der Waals surface area contributed by atoms with E-state index in [9.17, 15) is 4.79 Å². The van der Waals surface area contributed by atoms with Gasteiger partial charge in [0, 0.05) is 32.2 Å². The average molecular weight is 243 g/mol. The highest BCUT2D eigenvalue weighted by molar-refractivity contribution is 5.74. The van der Waals surface area contributed by atoms with Crippen molar-refractivity contribution in [1.29, 1.82) is 0 Å². The molecule has 1 aliphatic rings. The number of nitrogens with one attached hydrogen (secondary N) is 1. The van der Waals surface area contributed by atoms with Gasteiger partial charge in [-0.2, -0.15) is 0 Å². The van der Waals surface area contributed by atoms with Crippen LogP contribution in [0, 0.1) is 0 Å². The van der Waals surface area contributed by atoms with Crippen LogP contribution >= 0.6 is 0 Å². The topological polar surface area (TPSA) is 55.8 Å². The third kappa shape index (κ3) is 4.16. The first-order valence-electron chi connectivity index (χ1n) is 6.48. The summed E-state index contributed by atoms with van der Waals surface area (Å²) in [5, 5.41) is 11.9. The van der Waals surface area contributed by atoms with E-state index >= 15 is 0 Å². The molecule has 2 N–H and O–H groups in total. The summed E-state index contributed by atoms with van der Waals surface area (Å²) in [4.78, 5) is 16.1. The zero-order chi connectivity index (χ0) is 12.8. The van der Waals surface area contributed by atoms with Gasteiger partial charge in [0.05, 0.1) is 12.6 Å². The molecule has 0 aromatic heterocycles. The van der Waals surface area contributed by atoms with E-state index in [0.29, 0.717) is 6.04 Å². The highest BCUT2D eigenvalue weighted by Crippen LogP contribution is 2.06. The van der Waals surface area contributed by atoms with E-state index in [1.165, 1.54) is 0 Å². The lowest BCUT2D eigenvalue weighted by molar-refractivity contribution is 0.115. The molecule has 1 saturated heterocycles. The van der Waals surface area contributed by atoms with Gasteiger partial charge in [-0.05, 0) is 20.3 Å². The van der Waals surface area contributed by atoms with Crippen LogP contribution in [-0.4, -0.2) is 65.8 Å². The summed E-state index contributed by atoms with van der Waals surface area (Å²) >= 11 is 0. The monoisotopic (exact) mass is 243 g/mol. The third-order valence-corrected chi connectivity index (χ3v) is 3.37. The summed E-state index contributed by atoms with van der Waals surface area (Å²) in [6.45, 7) is 9.72. The Morgan fingerprint density at radius 2 is 1.88 bits per heavy atom. The lowest BCUT2D eigenvalue weighted by Gasteiger charge is -2.37. The summed E-state index contributed by atoms with van der Waals surface area (Å²) in [5.41, 5.74) is 0. The molecule has 1 rings (SSSR count). The Balaban J connectivity index is 2.35. The molecule has 0 bridgehead atoms. The second kappa shape index (κ2) is 6.81. The molecular weight excluding hydrogens is 218 g/mol. The minimum Gasteiger partial charge on any atom is -0.394 e. The van der Waals surface area contributed by atoms with Gasteiger partial charge in [0.1, 0.15) is 0 Å². The molecule has 0 aromatic rings. The highest BCUT2D eigenvalue weighted by atomic mass is 16.3. The number of rotatable bonds is 4. The maximum atomic E-state index is 11.9. The molecule has 1 atom stereocenters. The molecular formula is C12H25N3O2. The van der Waals surface area contributed by atoms with E-state index in [-0.39, 0.29) is 18.7 Å². The smallest absolute Gasteiger partial charge is 0.317 e. The van der Waals surface area contributed by atoms with Gasteiger partial charge in [0.2, 0.25) is 0 Å². The van der Waals surface area contributed by atoms with Crippen molar-refractivity contribution >= 4 is 6.03 Å². The van der Waals surface area contributed by atoms with E-state index in [1.54, 1.807) is 0 Å². The fraction of sp³-hybridized carbons (Fsp3) is 0.917. The van der Waals surface area contributed by atoms with Crippen LogP contribution in [0.15, 0.2) is 0 Å². The minimum atomic E-state index is -0.120. The molecule has 1 heterocycles. The molecule has 5 nitrogen and oxygen atoms in total. The molecule has 0 radical (unpaired) electrons. The predicted molar refractivity (Wildman–Crippen MR) is 68.0 cm³/mol. The molecule has 0 aliphatic carbocycles. The molecule has 1 fully saturated rings. The largest absolute Gasteiger partial charge is 0.394 e. The predicted octanol–water partition coefficient (Wildman–Crippen LogP) is 0.493. The molecule has 0 aromatic carbocycles. The van der Waals surface area contributed by atoms with Crippen molar-refractivity contribution in [3.05, 3.63) is 0 Å². The first-order chi connectivity index (χ1) is 8.08. The number of carbonyl (C=O) groups excluding carboxylic acids is 1. The van der Waals surface area contributed by atoms with Crippen molar-refractivity contribution in [2.75, 3.05) is 32.8 Å². The summed E-state index contributed by atoms with van der Waals surface area (Å²) in [6.07, 6.45) is 0.758. The first-order valence-corrected chi connectivity index (χ1v) is 6.48. The summed E-state index contributed by atoms with van der Waals surface area (Å²) < 4.78 is 0. The molecule has 0 spiro atoms. The molecule has 2 amide bonds. The Morgan fingerprint density at radius 3 is 2.29 bits per heavy atom. The van der Waals surface area contributed by atoms with Crippen LogP contribution in [0.2, 0.25) is 0 Å². The second-order valence-electron chi connectivity index (χ2n) is 4.85. The van der Waals surface area contributed by atoms with Crippen LogP contribution in [0.5, 0.6) is 0 Å². The van der Waals surface area contributed by atoms with Gasteiger partial charge in [-0.3, -0.25) is 4.90 Å². The zero-order valence-corrected chi connectivity index (χ0v) is 11.1. The fourth-order valence-electron chi connectivity index (χ4n) is 1.98. The maximum Gasteiger partial charge on any atom is 0.317 e. The Labute approximate surface area is 104 Å². The van der Waals surface area contributed by atoms with Gasteiger partial charge in [0.25, 0.3) is 0 Å². The lowest BCUT2D eigenvalue weighted by Crippen LogP contribution is -2.55. The molecule has 1 unspecified atom stereocenters. The van der Waals surface area contributed by atoms with Gasteiger partial charge in [-0.15, -0.1) is 0 Å². The molecule has 1 aliphatic heterocycles. The van der Waals surface area contributed by atoms with Crippen molar-refractivity contribution in [3.63, 3.8) is 0 Å². The Morgan fingerprint density at radius 1 is 1.29 bits per heavy atom. The van der Waals surface area contributed by atoms with Crippen LogP contribution in [0.3, 0.4) is 0 Å². The molecule has 100 valence electrons. The molecule has 0 saturated carbocycles. The van der Waals surface area contributed by atoms with Crippen molar-refractivity contribution < 1.29 is 9.90 Å². The minimum absolute atomic E-state index is 0.00813. The quantitative estimate of drug-likeness (QED) is 0.755. The number of urea groups is 1. The van der Waals surface area contributed by atoms with Crippen molar-refractivity contribution in [2.45, 2.75) is 39.3 Å². The highest BCUT2D eigenvalue weighted by Gasteiger charge is 2.23. The second-order valence-corrected chi connectivity index (χ2v) is 4.85. The van der Waals surface area contributed by atoms with Gasteiger partial charge >= 0.3 is 6.03 Å². The standard InChI is InChI=1S/C12H25N3O2/c1-4-11(9-16)13-12(17)15-7-5-14(6-8-15)10(2)3/h10-11,16H,4-9H2,1-3H3,(H,13,17). The average Bonchev–Trinajstić information content (AvgIpc) is 2.35. The van der Waals surface area contributed by atoms with Crippen molar-refractivity contribution in [1.82, 2.24) is 15.1 Å². The van der Waals surface area contributed by atoms with E-state index in [4.69, 9.17) is 5.11 Å². The summed E-state index contributed by atoms with van der Waals surface area (Å²) in [7, 11) is 0. The fourth-order valence-corrected chi connectivity index (χ4v) is 1.98. The summed E-state index contributed by atoms with van der Waals surface area (Å²) in [6, 6.07) is 0.376. The van der Waals surface area contributed by atoms with Crippen LogP contribution < -0.4 is 5.32 Å². The SMILES string of the molecule is CCC(CO)NC(=O)N1CCN(C(C)C)CC1. The van der Waals surface area contributed by atoms with Crippen LogP contribution in [0.4, 0.5) is 4.79 Å². The number of amides is 2. The number of hydrogen-bond donors (Lipinski definition) is 2. The number of nitrogens with zero attached hydrogens (tertiary/aromatic N) is 2. The van der Waals surface area contributed by atoms with Crippen LogP contribution in [0.1, 0.15) is 27.2 Å². The number of aliphatic hydroxyl groups is 1. The van der Waals surface area contributed by atoms with Crippen LogP contribution in [0.25, 0.3) is 0 Å². The van der Waals surface area contributed by atoms with Gasteiger partial charge < -0.3 is 15.3 Å². The maximum absolute atomic E-state index is 11.9. The number of aliphatic hydroxyl groups excluding tert-OH is 1.